The van der Waals surface area contributed by atoms with Gasteiger partial charge in [0.1, 0.15) is 27.1 Å². The minimum absolute atomic E-state index is 0.0857. The lowest BCUT2D eigenvalue weighted by Gasteiger charge is -2.19. The van der Waals surface area contributed by atoms with Crippen molar-refractivity contribution in [3.8, 4) is 22.1 Å². The molecule has 0 spiro atoms. The number of ether oxygens (including phenoxy) is 1. The number of rotatable bonds is 7. The Kier molecular flexibility index (Phi) is 6.18. The summed E-state index contributed by atoms with van der Waals surface area (Å²) in [5, 5.41) is 28.9. The summed E-state index contributed by atoms with van der Waals surface area (Å²) in [5.74, 6) is 0.255. The Morgan fingerprint density at radius 2 is 1.94 bits per heavy atom. The van der Waals surface area contributed by atoms with Gasteiger partial charge in [-0.05, 0) is 56.2 Å². The predicted octanol–water partition coefficient (Wildman–Crippen LogP) is 4.29. The number of aromatic carboxylic acids is 1. The number of carbonyl (C=O) groups is 2. The number of amides is 1. The molecule has 0 bridgehead atoms. The Morgan fingerprint density at radius 1 is 1.21 bits per heavy atom. The van der Waals surface area contributed by atoms with Crippen molar-refractivity contribution < 1.29 is 24.5 Å². The van der Waals surface area contributed by atoms with E-state index in [1.54, 1.807) is 36.9 Å². The quantitative estimate of drug-likeness (QED) is 0.533. The Labute approximate surface area is 195 Å². The molecule has 1 aliphatic heterocycles. The monoisotopic (exact) mass is 467 g/mol. The largest absolute Gasteiger partial charge is 0.478 e. The Morgan fingerprint density at radius 3 is 2.52 bits per heavy atom. The SMILES string of the molecule is CC1CC(=O)N(Cc2ccc(C(=O)O)cc2Oc2ccc(-c3nnc(C(C)(C)O)s3)cc2)C1. The molecule has 0 aliphatic carbocycles. The summed E-state index contributed by atoms with van der Waals surface area (Å²) >= 11 is 1.31. The van der Waals surface area contributed by atoms with Crippen LogP contribution < -0.4 is 4.74 Å². The van der Waals surface area contributed by atoms with Crippen LogP contribution in [-0.4, -0.2) is 43.7 Å². The van der Waals surface area contributed by atoms with Gasteiger partial charge >= 0.3 is 5.97 Å². The molecule has 4 rings (SSSR count). The molecule has 1 aromatic heterocycles. The van der Waals surface area contributed by atoms with Crippen LogP contribution >= 0.6 is 11.3 Å². The van der Waals surface area contributed by atoms with Crippen LogP contribution in [0.15, 0.2) is 42.5 Å². The molecular weight excluding hydrogens is 442 g/mol. The van der Waals surface area contributed by atoms with Gasteiger partial charge in [-0.2, -0.15) is 0 Å². The number of carboxylic acids is 1. The van der Waals surface area contributed by atoms with Crippen molar-refractivity contribution in [3.63, 3.8) is 0 Å². The lowest BCUT2D eigenvalue weighted by molar-refractivity contribution is -0.128. The van der Waals surface area contributed by atoms with Crippen LogP contribution in [0.1, 0.15) is 48.1 Å². The standard InChI is InChI=1S/C24H25N3O5S/c1-14-10-20(28)27(12-14)13-17-5-4-16(22(29)30)11-19(17)32-18-8-6-15(7-9-18)21-25-26-23(33-21)24(2,3)31/h4-9,11,14,31H,10,12-13H2,1-3H3,(H,29,30). The second-order valence-corrected chi connectivity index (χ2v) is 9.79. The fourth-order valence-electron chi connectivity index (χ4n) is 3.62. The van der Waals surface area contributed by atoms with E-state index >= 15 is 0 Å². The van der Waals surface area contributed by atoms with Crippen molar-refractivity contribution in [2.75, 3.05) is 6.54 Å². The topological polar surface area (TPSA) is 113 Å². The molecule has 9 heteroatoms. The lowest BCUT2D eigenvalue weighted by Crippen LogP contribution is -2.24. The van der Waals surface area contributed by atoms with Crippen LogP contribution in [0, 0.1) is 5.92 Å². The molecule has 1 unspecified atom stereocenters. The van der Waals surface area contributed by atoms with E-state index in [0.29, 0.717) is 46.9 Å². The average Bonchev–Trinajstić information content (AvgIpc) is 3.36. The summed E-state index contributed by atoms with van der Waals surface area (Å²) in [6.45, 7) is 6.39. The van der Waals surface area contributed by atoms with E-state index in [9.17, 15) is 19.8 Å². The van der Waals surface area contributed by atoms with E-state index in [0.717, 1.165) is 11.1 Å². The Balaban J connectivity index is 1.57. The molecule has 1 amide bonds. The molecule has 2 N–H and O–H groups in total. The van der Waals surface area contributed by atoms with E-state index in [1.165, 1.54) is 23.5 Å². The van der Waals surface area contributed by atoms with Gasteiger partial charge in [0, 0.05) is 30.6 Å². The number of aromatic nitrogens is 2. The number of aliphatic hydroxyl groups is 1. The average molecular weight is 468 g/mol. The minimum Gasteiger partial charge on any atom is -0.478 e. The Bertz CT molecular complexity index is 1180. The van der Waals surface area contributed by atoms with Crippen molar-refractivity contribution in [1.29, 1.82) is 0 Å². The third kappa shape index (κ3) is 5.20. The first-order valence-electron chi connectivity index (χ1n) is 10.6. The van der Waals surface area contributed by atoms with Crippen molar-refractivity contribution in [2.45, 2.75) is 39.3 Å². The van der Waals surface area contributed by atoms with Crippen LogP contribution in [0.2, 0.25) is 0 Å². The third-order valence-electron chi connectivity index (χ3n) is 5.36. The summed E-state index contributed by atoms with van der Waals surface area (Å²) in [4.78, 5) is 25.5. The molecule has 8 nitrogen and oxygen atoms in total. The fourth-order valence-corrected chi connectivity index (χ4v) is 4.47. The van der Waals surface area contributed by atoms with Gasteiger partial charge in [-0.1, -0.05) is 24.3 Å². The van der Waals surface area contributed by atoms with Crippen molar-refractivity contribution in [1.82, 2.24) is 15.1 Å². The molecule has 1 fully saturated rings. The van der Waals surface area contributed by atoms with E-state index in [-0.39, 0.29) is 11.5 Å². The molecular formula is C24H25N3O5S. The molecule has 2 aromatic carbocycles. The first-order valence-corrected chi connectivity index (χ1v) is 11.4. The van der Waals surface area contributed by atoms with E-state index < -0.39 is 11.6 Å². The molecule has 1 saturated heterocycles. The molecule has 33 heavy (non-hydrogen) atoms. The van der Waals surface area contributed by atoms with Gasteiger partial charge < -0.3 is 19.8 Å². The zero-order chi connectivity index (χ0) is 23.8. The summed E-state index contributed by atoms with van der Waals surface area (Å²) in [6.07, 6.45) is 0.519. The maximum atomic E-state index is 12.2. The van der Waals surface area contributed by atoms with Crippen molar-refractivity contribution in [2.24, 2.45) is 5.92 Å². The molecule has 1 aliphatic rings. The number of benzene rings is 2. The van der Waals surface area contributed by atoms with Gasteiger partial charge in [0.25, 0.3) is 0 Å². The van der Waals surface area contributed by atoms with Gasteiger partial charge in [0.2, 0.25) is 5.91 Å². The highest BCUT2D eigenvalue weighted by Gasteiger charge is 2.27. The fraction of sp³-hybridized carbons (Fsp3) is 0.333. The van der Waals surface area contributed by atoms with Crippen molar-refractivity contribution in [3.05, 3.63) is 58.6 Å². The van der Waals surface area contributed by atoms with E-state index in [1.807, 2.05) is 19.1 Å². The number of nitrogens with zero attached hydrogens (tertiary/aromatic N) is 3. The highest BCUT2D eigenvalue weighted by Crippen LogP contribution is 2.33. The summed E-state index contributed by atoms with van der Waals surface area (Å²) in [6, 6.07) is 11.9. The van der Waals surface area contributed by atoms with Gasteiger partial charge in [-0.15, -0.1) is 10.2 Å². The molecule has 0 radical (unpaired) electrons. The van der Waals surface area contributed by atoms with Crippen LogP contribution in [0.3, 0.4) is 0 Å². The lowest BCUT2D eigenvalue weighted by atomic mass is 10.1. The highest BCUT2D eigenvalue weighted by molar-refractivity contribution is 7.14. The second-order valence-electron chi connectivity index (χ2n) is 8.81. The maximum Gasteiger partial charge on any atom is 0.335 e. The normalized spacial score (nSPS) is 16.3. The summed E-state index contributed by atoms with van der Waals surface area (Å²) < 4.78 is 6.05. The maximum absolute atomic E-state index is 12.2. The van der Waals surface area contributed by atoms with Crippen LogP contribution in [-0.2, 0) is 16.9 Å². The predicted molar refractivity (Wildman–Crippen MR) is 123 cm³/mol. The number of hydrogen-bond acceptors (Lipinski definition) is 7. The Hall–Kier alpha value is -3.30. The first-order chi connectivity index (χ1) is 15.6. The molecule has 2 heterocycles. The zero-order valence-electron chi connectivity index (χ0n) is 18.6. The molecule has 0 saturated carbocycles. The van der Waals surface area contributed by atoms with Crippen LogP contribution in [0.5, 0.6) is 11.5 Å². The third-order valence-corrected chi connectivity index (χ3v) is 6.65. The van der Waals surface area contributed by atoms with Crippen LogP contribution in [0.25, 0.3) is 10.6 Å². The number of carboxylic acid groups (broad SMARTS) is 1. The highest BCUT2D eigenvalue weighted by atomic mass is 32.1. The van der Waals surface area contributed by atoms with E-state index in [2.05, 4.69) is 10.2 Å². The van der Waals surface area contributed by atoms with Gasteiger partial charge in [0.05, 0.1) is 5.56 Å². The van der Waals surface area contributed by atoms with Crippen LogP contribution in [0.4, 0.5) is 0 Å². The smallest absolute Gasteiger partial charge is 0.335 e. The zero-order valence-corrected chi connectivity index (χ0v) is 19.4. The van der Waals surface area contributed by atoms with Gasteiger partial charge in [-0.3, -0.25) is 4.79 Å². The number of carbonyl (C=O) groups excluding carboxylic acids is 1. The minimum atomic E-state index is -1.06. The van der Waals surface area contributed by atoms with E-state index in [4.69, 9.17) is 4.74 Å². The molecule has 3 aromatic rings. The first kappa shape index (κ1) is 22.9. The summed E-state index contributed by atoms with van der Waals surface area (Å²) in [5.41, 5.74) is 0.621. The summed E-state index contributed by atoms with van der Waals surface area (Å²) in [7, 11) is 0. The van der Waals surface area contributed by atoms with Crippen molar-refractivity contribution >= 4 is 23.2 Å². The van der Waals surface area contributed by atoms with Gasteiger partial charge in [-0.25, -0.2) is 4.79 Å². The number of hydrogen-bond donors (Lipinski definition) is 2. The second kappa shape index (κ2) is 8.92. The molecule has 172 valence electrons. The van der Waals surface area contributed by atoms with Gasteiger partial charge in [0.15, 0.2) is 0 Å². The number of likely N-dealkylation sites (tertiary alicyclic amines) is 1. The molecule has 1 atom stereocenters.